The van der Waals surface area contributed by atoms with Gasteiger partial charge in [0.25, 0.3) is 0 Å². The van der Waals surface area contributed by atoms with Crippen LogP contribution in [-0.4, -0.2) is 30.4 Å². The molecule has 1 atom stereocenters. The summed E-state index contributed by atoms with van der Waals surface area (Å²) in [6.45, 7) is 1.93. The monoisotopic (exact) mass is 380 g/mol. The average molecular weight is 380 g/mol. The molecular formula is C20H20N4O2S. The van der Waals surface area contributed by atoms with E-state index in [2.05, 4.69) is 16.0 Å². The van der Waals surface area contributed by atoms with Crippen molar-refractivity contribution in [2.24, 2.45) is 7.05 Å². The van der Waals surface area contributed by atoms with E-state index < -0.39 is 10.8 Å². The molecule has 1 aromatic carbocycles. The van der Waals surface area contributed by atoms with E-state index in [0.29, 0.717) is 10.9 Å². The van der Waals surface area contributed by atoms with Crippen LogP contribution >= 0.6 is 0 Å². The normalized spacial score (nSPS) is 12.4. The number of nitrogens with zero attached hydrogens (tertiary/aromatic N) is 4. The summed E-state index contributed by atoms with van der Waals surface area (Å²) in [4.78, 5) is 8.97. The molecule has 3 aromatic heterocycles. The highest BCUT2D eigenvalue weighted by Gasteiger charge is 2.17. The third kappa shape index (κ3) is 3.14. The molecule has 0 unspecified atom stereocenters. The van der Waals surface area contributed by atoms with Gasteiger partial charge in [0.15, 0.2) is 5.16 Å². The van der Waals surface area contributed by atoms with Crippen molar-refractivity contribution >= 4 is 21.8 Å². The number of pyridine rings is 1. The smallest absolute Gasteiger partial charge is 0.200 e. The molecule has 0 aliphatic carbocycles. The van der Waals surface area contributed by atoms with Gasteiger partial charge < -0.3 is 13.9 Å². The lowest BCUT2D eigenvalue weighted by molar-refractivity contribution is 0.410. The highest BCUT2D eigenvalue weighted by Crippen LogP contribution is 2.24. The van der Waals surface area contributed by atoms with E-state index in [1.54, 1.807) is 19.4 Å². The topological polar surface area (TPSA) is 61.9 Å². The maximum atomic E-state index is 13.0. The number of hydrogen-bond donors (Lipinski definition) is 0. The van der Waals surface area contributed by atoms with Crippen LogP contribution in [-0.2, 0) is 23.6 Å². The summed E-state index contributed by atoms with van der Waals surface area (Å²) in [5.74, 6) is 1.04. The Morgan fingerprint density at radius 1 is 1.19 bits per heavy atom. The molecule has 4 rings (SSSR count). The van der Waals surface area contributed by atoms with E-state index in [-0.39, 0.29) is 0 Å². The number of aromatic nitrogens is 4. The second kappa shape index (κ2) is 7.00. The van der Waals surface area contributed by atoms with E-state index in [0.717, 1.165) is 33.7 Å². The Hall–Kier alpha value is -2.93. The van der Waals surface area contributed by atoms with Crippen LogP contribution in [0.2, 0.25) is 0 Å². The Labute approximate surface area is 159 Å². The van der Waals surface area contributed by atoms with Crippen LogP contribution in [0.1, 0.15) is 11.3 Å². The van der Waals surface area contributed by atoms with Crippen LogP contribution < -0.4 is 4.74 Å². The van der Waals surface area contributed by atoms with Crippen LogP contribution in [0.25, 0.3) is 16.7 Å². The fourth-order valence-electron chi connectivity index (χ4n) is 3.14. The molecule has 3 heterocycles. The summed E-state index contributed by atoms with van der Waals surface area (Å²) >= 11 is 0. The lowest BCUT2D eigenvalue weighted by atomic mass is 10.2. The summed E-state index contributed by atoms with van der Waals surface area (Å²) in [7, 11) is 2.20. The Kier molecular flexibility index (Phi) is 4.53. The predicted octanol–water partition coefficient (Wildman–Crippen LogP) is 3.38. The van der Waals surface area contributed by atoms with Gasteiger partial charge in [0.2, 0.25) is 0 Å². The van der Waals surface area contributed by atoms with Gasteiger partial charge >= 0.3 is 0 Å². The molecule has 0 fully saturated rings. The van der Waals surface area contributed by atoms with Crippen LogP contribution in [0.5, 0.6) is 5.75 Å². The minimum absolute atomic E-state index is 0.296. The van der Waals surface area contributed by atoms with Gasteiger partial charge in [-0.3, -0.25) is 9.19 Å². The van der Waals surface area contributed by atoms with Crippen molar-refractivity contribution in [1.82, 2.24) is 19.1 Å². The van der Waals surface area contributed by atoms with Crippen molar-refractivity contribution < 1.29 is 8.95 Å². The molecule has 0 bridgehead atoms. The van der Waals surface area contributed by atoms with Crippen molar-refractivity contribution in [2.45, 2.75) is 17.8 Å². The minimum atomic E-state index is -1.32. The standard InChI is InChI=1S/C20H20N4O2S/c1-14-17(21-9-8-19(14)26-3)13-27(25)20-22-16-7-6-15(12-18(16)23(20)2)24-10-4-5-11-24/h4-12H,13H2,1-3H3/t27-/m0/s1. The van der Waals surface area contributed by atoms with Crippen LogP contribution in [0.15, 0.2) is 60.1 Å². The summed E-state index contributed by atoms with van der Waals surface area (Å²) in [5.41, 5.74) is 4.47. The van der Waals surface area contributed by atoms with Crippen molar-refractivity contribution in [3.63, 3.8) is 0 Å². The van der Waals surface area contributed by atoms with Crippen LogP contribution in [0.3, 0.4) is 0 Å². The Morgan fingerprint density at radius 3 is 2.70 bits per heavy atom. The molecule has 6 nitrogen and oxygen atoms in total. The fourth-order valence-corrected chi connectivity index (χ4v) is 4.41. The quantitative estimate of drug-likeness (QED) is 0.532. The Bertz CT molecular complexity index is 1130. The first-order valence-corrected chi connectivity index (χ1v) is 9.87. The predicted molar refractivity (Wildman–Crippen MR) is 106 cm³/mol. The third-order valence-corrected chi connectivity index (χ3v) is 5.98. The van der Waals surface area contributed by atoms with Gasteiger partial charge in [-0.2, -0.15) is 0 Å². The molecule has 0 amide bonds. The number of hydrogen-bond acceptors (Lipinski definition) is 4. The third-order valence-electron chi connectivity index (χ3n) is 4.68. The first kappa shape index (κ1) is 17.5. The molecule has 7 heteroatoms. The maximum Gasteiger partial charge on any atom is 0.200 e. The molecular weight excluding hydrogens is 360 g/mol. The van der Waals surface area contributed by atoms with Gasteiger partial charge in [0, 0.05) is 36.9 Å². The molecule has 0 saturated carbocycles. The van der Waals surface area contributed by atoms with Crippen molar-refractivity contribution in [3.05, 3.63) is 66.2 Å². The lowest BCUT2D eigenvalue weighted by Gasteiger charge is -2.09. The molecule has 138 valence electrons. The first-order valence-electron chi connectivity index (χ1n) is 8.55. The zero-order valence-electron chi connectivity index (χ0n) is 15.4. The van der Waals surface area contributed by atoms with E-state index in [4.69, 9.17) is 4.74 Å². The summed E-state index contributed by atoms with van der Waals surface area (Å²) in [5, 5.41) is 0.540. The van der Waals surface area contributed by atoms with Crippen molar-refractivity contribution in [3.8, 4) is 11.4 Å². The molecule has 0 saturated heterocycles. The highest BCUT2D eigenvalue weighted by atomic mass is 32.2. The number of rotatable bonds is 5. The Morgan fingerprint density at radius 2 is 1.96 bits per heavy atom. The molecule has 0 aliphatic heterocycles. The van der Waals surface area contributed by atoms with Crippen LogP contribution in [0, 0.1) is 6.92 Å². The van der Waals surface area contributed by atoms with Gasteiger partial charge in [0.05, 0.1) is 40.4 Å². The number of imidazole rings is 1. The van der Waals surface area contributed by atoms with E-state index in [9.17, 15) is 4.21 Å². The molecule has 0 N–H and O–H groups in total. The second-order valence-electron chi connectivity index (χ2n) is 6.29. The van der Waals surface area contributed by atoms with Crippen LogP contribution in [0.4, 0.5) is 0 Å². The lowest BCUT2D eigenvalue weighted by Crippen LogP contribution is -2.07. The van der Waals surface area contributed by atoms with Crippen molar-refractivity contribution in [1.29, 1.82) is 0 Å². The van der Waals surface area contributed by atoms with Gasteiger partial charge in [0.1, 0.15) is 5.75 Å². The molecule has 4 aromatic rings. The minimum Gasteiger partial charge on any atom is -0.496 e. The fraction of sp³-hybridized carbons (Fsp3) is 0.200. The molecule has 27 heavy (non-hydrogen) atoms. The average Bonchev–Trinajstić information content (AvgIpc) is 3.32. The largest absolute Gasteiger partial charge is 0.496 e. The van der Waals surface area contributed by atoms with Gasteiger partial charge in [-0.05, 0) is 43.3 Å². The number of methoxy groups -OCH3 is 1. The summed E-state index contributed by atoms with van der Waals surface area (Å²) in [6, 6.07) is 11.8. The van der Waals surface area contributed by atoms with Gasteiger partial charge in [-0.15, -0.1) is 0 Å². The van der Waals surface area contributed by atoms with E-state index in [1.807, 2.05) is 59.8 Å². The molecule has 0 radical (unpaired) electrons. The maximum absolute atomic E-state index is 13.0. The van der Waals surface area contributed by atoms with Crippen molar-refractivity contribution in [2.75, 3.05) is 7.11 Å². The summed E-state index contributed by atoms with van der Waals surface area (Å²) < 4.78 is 22.3. The Balaban J connectivity index is 1.69. The summed E-state index contributed by atoms with van der Waals surface area (Å²) in [6.07, 6.45) is 5.66. The van der Waals surface area contributed by atoms with E-state index >= 15 is 0 Å². The van der Waals surface area contributed by atoms with E-state index in [1.165, 1.54) is 0 Å². The van der Waals surface area contributed by atoms with Gasteiger partial charge in [-0.1, -0.05) is 0 Å². The number of benzene rings is 1. The number of aryl methyl sites for hydroxylation is 1. The van der Waals surface area contributed by atoms with Gasteiger partial charge in [-0.25, -0.2) is 4.98 Å². The number of ether oxygens (including phenoxy) is 1. The molecule has 0 aliphatic rings. The zero-order chi connectivity index (χ0) is 19.0. The second-order valence-corrected chi connectivity index (χ2v) is 7.64. The number of fused-ring (bicyclic) bond motifs is 1. The SMILES string of the molecule is COc1ccnc(C[S@](=O)c2nc3ccc(-n4cccc4)cc3n2C)c1C. The first-order chi connectivity index (χ1) is 13.1. The highest BCUT2D eigenvalue weighted by molar-refractivity contribution is 7.84. The molecule has 0 spiro atoms. The zero-order valence-corrected chi connectivity index (χ0v) is 16.2.